The van der Waals surface area contributed by atoms with Crippen molar-refractivity contribution in [3.8, 4) is 5.75 Å². The van der Waals surface area contributed by atoms with Gasteiger partial charge in [0.2, 0.25) is 0 Å². The molecule has 1 unspecified atom stereocenters. The van der Waals surface area contributed by atoms with Gasteiger partial charge in [0, 0.05) is 31.3 Å². The number of nitrogens with one attached hydrogen (secondary N) is 1. The van der Waals surface area contributed by atoms with Gasteiger partial charge in [0.25, 0.3) is 0 Å². The predicted octanol–water partition coefficient (Wildman–Crippen LogP) is 1.20. The average molecular weight is 223 g/mol. The second-order valence-electron chi connectivity index (χ2n) is 3.85. The largest absolute Gasteiger partial charge is 0.507 e. The van der Waals surface area contributed by atoms with Crippen molar-refractivity contribution in [2.45, 2.75) is 12.7 Å². The third-order valence-corrected chi connectivity index (χ3v) is 2.73. The maximum atomic E-state index is 10.1. The summed E-state index contributed by atoms with van der Waals surface area (Å²) in [6.07, 6.45) is -0.0643. The van der Waals surface area contributed by atoms with Gasteiger partial charge in [0.05, 0.1) is 19.3 Å². The lowest BCUT2D eigenvalue weighted by Crippen LogP contribution is -2.33. The Balaban J connectivity index is 2.22. The zero-order valence-corrected chi connectivity index (χ0v) is 9.40. The highest BCUT2D eigenvalue weighted by Crippen LogP contribution is 2.30. The van der Waals surface area contributed by atoms with Gasteiger partial charge < -0.3 is 19.9 Å². The molecule has 1 aromatic carbocycles. The number of hydrogen-bond donors (Lipinski definition) is 2. The predicted molar refractivity (Wildman–Crippen MR) is 60.4 cm³/mol. The Bertz CT molecular complexity index is 348. The Labute approximate surface area is 95.2 Å². The van der Waals surface area contributed by atoms with Crippen LogP contribution in [0, 0.1) is 0 Å². The maximum Gasteiger partial charge on any atom is 0.126 e. The van der Waals surface area contributed by atoms with Crippen molar-refractivity contribution in [2.24, 2.45) is 0 Å². The summed E-state index contributed by atoms with van der Waals surface area (Å²) in [4.78, 5) is 0. The highest BCUT2D eigenvalue weighted by Gasteiger charge is 2.20. The lowest BCUT2D eigenvalue weighted by Gasteiger charge is -2.25. The van der Waals surface area contributed by atoms with Crippen LogP contribution >= 0.6 is 0 Å². The van der Waals surface area contributed by atoms with E-state index in [0.717, 1.165) is 24.2 Å². The quantitative estimate of drug-likeness (QED) is 0.808. The summed E-state index contributed by atoms with van der Waals surface area (Å²) in [6, 6.07) is 5.67. The first-order chi connectivity index (χ1) is 7.83. The molecule has 1 aliphatic rings. The Morgan fingerprint density at radius 1 is 1.56 bits per heavy atom. The second kappa shape index (κ2) is 5.30. The van der Waals surface area contributed by atoms with Gasteiger partial charge in [-0.2, -0.15) is 0 Å². The molecule has 0 aromatic heterocycles. The Kier molecular flexibility index (Phi) is 3.77. The van der Waals surface area contributed by atoms with E-state index in [2.05, 4.69) is 5.32 Å². The van der Waals surface area contributed by atoms with Crippen LogP contribution in [-0.2, 0) is 16.1 Å². The maximum absolute atomic E-state index is 10.1. The summed E-state index contributed by atoms with van der Waals surface area (Å²) in [6.45, 7) is 2.71. The molecule has 1 saturated heterocycles. The molecule has 88 valence electrons. The molecule has 4 heteroatoms. The number of methoxy groups -OCH3 is 1. The minimum Gasteiger partial charge on any atom is -0.507 e. The van der Waals surface area contributed by atoms with E-state index >= 15 is 0 Å². The first kappa shape index (κ1) is 11.4. The van der Waals surface area contributed by atoms with Gasteiger partial charge in [-0.1, -0.05) is 18.2 Å². The summed E-state index contributed by atoms with van der Waals surface area (Å²) in [7, 11) is 1.62. The SMILES string of the molecule is COCc1cccc(C2CNCCO2)c1O. The summed E-state index contributed by atoms with van der Waals surface area (Å²) >= 11 is 0. The smallest absolute Gasteiger partial charge is 0.126 e. The van der Waals surface area contributed by atoms with Gasteiger partial charge in [-0.05, 0) is 0 Å². The molecule has 4 nitrogen and oxygen atoms in total. The lowest BCUT2D eigenvalue weighted by atomic mass is 10.0. The van der Waals surface area contributed by atoms with E-state index in [9.17, 15) is 5.11 Å². The lowest BCUT2D eigenvalue weighted by molar-refractivity contribution is 0.0261. The van der Waals surface area contributed by atoms with Gasteiger partial charge >= 0.3 is 0 Å². The number of phenolic OH excluding ortho intramolecular Hbond substituents is 1. The molecular weight excluding hydrogens is 206 g/mol. The highest BCUT2D eigenvalue weighted by molar-refractivity contribution is 5.41. The molecule has 1 heterocycles. The van der Waals surface area contributed by atoms with Crippen molar-refractivity contribution in [1.29, 1.82) is 0 Å². The van der Waals surface area contributed by atoms with Crippen molar-refractivity contribution in [2.75, 3.05) is 26.8 Å². The molecule has 0 aliphatic carbocycles. The van der Waals surface area contributed by atoms with Gasteiger partial charge in [0.1, 0.15) is 5.75 Å². The number of aromatic hydroxyl groups is 1. The minimum atomic E-state index is -0.0643. The molecule has 1 atom stereocenters. The summed E-state index contributed by atoms with van der Waals surface area (Å²) in [5.74, 6) is 0.290. The Morgan fingerprint density at radius 2 is 2.44 bits per heavy atom. The van der Waals surface area contributed by atoms with E-state index in [1.54, 1.807) is 7.11 Å². The summed E-state index contributed by atoms with van der Waals surface area (Å²) < 4.78 is 10.6. The number of phenols is 1. The van der Waals surface area contributed by atoms with Gasteiger partial charge in [-0.15, -0.1) is 0 Å². The van der Waals surface area contributed by atoms with Crippen molar-refractivity contribution in [3.63, 3.8) is 0 Å². The molecule has 2 N–H and O–H groups in total. The number of benzene rings is 1. The normalized spacial score (nSPS) is 20.9. The van der Waals surface area contributed by atoms with Crippen LogP contribution in [0.4, 0.5) is 0 Å². The van der Waals surface area contributed by atoms with Crippen LogP contribution in [0.3, 0.4) is 0 Å². The van der Waals surface area contributed by atoms with E-state index < -0.39 is 0 Å². The van der Waals surface area contributed by atoms with E-state index in [-0.39, 0.29) is 11.9 Å². The van der Waals surface area contributed by atoms with Crippen LogP contribution < -0.4 is 5.32 Å². The fourth-order valence-corrected chi connectivity index (χ4v) is 1.91. The first-order valence-electron chi connectivity index (χ1n) is 5.45. The van der Waals surface area contributed by atoms with Gasteiger partial charge in [-0.3, -0.25) is 0 Å². The second-order valence-corrected chi connectivity index (χ2v) is 3.85. The summed E-state index contributed by atoms with van der Waals surface area (Å²) in [5, 5.41) is 13.3. The molecule has 0 radical (unpaired) electrons. The third-order valence-electron chi connectivity index (χ3n) is 2.73. The van der Waals surface area contributed by atoms with E-state index in [4.69, 9.17) is 9.47 Å². The van der Waals surface area contributed by atoms with Crippen molar-refractivity contribution in [1.82, 2.24) is 5.32 Å². The van der Waals surface area contributed by atoms with Crippen molar-refractivity contribution in [3.05, 3.63) is 29.3 Å². The fraction of sp³-hybridized carbons (Fsp3) is 0.500. The molecule has 0 spiro atoms. The molecule has 0 saturated carbocycles. The number of hydrogen-bond acceptors (Lipinski definition) is 4. The van der Waals surface area contributed by atoms with E-state index in [1.807, 2.05) is 18.2 Å². The van der Waals surface area contributed by atoms with Crippen LogP contribution in [0.5, 0.6) is 5.75 Å². The van der Waals surface area contributed by atoms with Crippen molar-refractivity contribution >= 4 is 0 Å². The fourth-order valence-electron chi connectivity index (χ4n) is 1.91. The topological polar surface area (TPSA) is 50.7 Å². The molecule has 16 heavy (non-hydrogen) atoms. The molecule has 1 fully saturated rings. The van der Waals surface area contributed by atoms with Crippen molar-refractivity contribution < 1.29 is 14.6 Å². The van der Waals surface area contributed by atoms with Crippen LogP contribution in [-0.4, -0.2) is 31.9 Å². The van der Waals surface area contributed by atoms with E-state index in [1.165, 1.54) is 0 Å². The molecule has 2 rings (SSSR count). The molecule has 1 aliphatic heterocycles. The van der Waals surface area contributed by atoms with Crippen LogP contribution in [0.1, 0.15) is 17.2 Å². The Hall–Kier alpha value is -1.10. The number of morpholine rings is 1. The first-order valence-corrected chi connectivity index (χ1v) is 5.45. The Morgan fingerprint density at radius 3 is 3.12 bits per heavy atom. The molecule has 0 amide bonds. The number of ether oxygens (including phenoxy) is 2. The molecular formula is C12H17NO3. The summed E-state index contributed by atoms with van der Waals surface area (Å²) in [5.41, 5.74) is 1.64. The molecule has 1 aromatic rings. The number of rotatable bonds is 3. The van der Waals surface area contributed by atoms with Crippen LogP contribution in [0.15, 0.2) is 18.2 Å². The van der Waals surface area contributed by atoms with Crippen LogP contribution in [0.25, 0.3) is 0 Å². The monoisotopic (exact) mass is 223 g/mol. The van der Waals surface area contributed by atoms with Gasteiger partial charge in [0.15, 0.2) is 0 Å². The van der Waals surface area contributed by atoms with E-state index in [0.29, 0.717) is 13.2 Å². The zero-order valence-electron chi connectivity index (χ0n) is 9.40. The third kappa shape index (κ3) is 2.35. The zero-order chi connectivity index (χ0) is 11.4. The molecule has 0 bridgehead atoms. The minimum absolute atomic E-state index is 0.0643. The highest BCUT2D eigenvalue weighted by atomic mass is 16.5. The number of para-hydroxylation sites is 1. The van der Waals surface area contributed by atoms with Crippen LogP contribution in [0.2, 0.25) is 0 Å². The van der Waals surface area contributed by atoms with Gasteiger partial charge in [-0.25, -0.2) is 0 Å². The standard InChI is InChI=1S/C12H17NO3/c1-15-8-9-3-2-4-10(12(9)14)11-7-13-5-6-16-11/h2-4,11,13-14H,5-8H2,1H3. The average Bonchev–Trinajstić information content (AvgIpc) is 2.33.